The Morgan fingerprint density at radius 2 is 2.00 bits per heavy atom. The molecule has 23 heavy (non-hydrogen) atoms. The Bertz CT molecular complexity index is 726. The van der Waals surface area contributed by atoms with Gasteiger partial charge in [0.15, 0.2) is 0 Å². The predicted molar refractivity (Wildman–Crippen MR) is 83.3 cm³/mol. The van der Waals surface area contributed by atoms with Crippen molar-refractivity contribution in [2.75, 3.05) is 7.11 Å². The lowest BCUT2D eigenvalue weighted by Crippen LogP contribution is -2.01. The Hall–Kier alpha value is -3.22. The Kier molecular flexibility index (Phi) is 5.40. The zero-order valence-electron chi connectivity index (χ0n) is 12.3. The molecule has 0 fully saturated rings. The monoisotopic (exact) mass is 314 g/mol. The van der Waals surface area contributed by atoms with E-state index in [0.717, 1.165) is 5.56 Å². The third-order valence-corrected chi connectivity index (χ3v) is 2.96. The first-order valence-corrected chi connectivity index (χ1v) is 6.67. The number of ether oxygens (including phenoxy) is 1. The van der Waals surface area contributed by atoms with Gasteiger partial charge in [-0.05, 0) is 17.7 Å². The topological polar surface area (TPSA) is 91.0 Å². The molecule has 7 nitrogen and oxygen atoms in total. The second kappa shape index (κ2) is 7.69. The molecule has 118 valence electrons. The number of oxime groups is 1. The molecule has 0 radical (unpaired) electrons. The van der Waals surface area contributed by atoms with E-state index in [-0.39, 0.29) is 12.3 Å². The molecule has 0 amide bonds. The van der Waals surface area contributed by atoms with Gasteiger partial charge in [0.25, 0.3) is 5.69 Å². The summed E-state index contributed by atoms with van der Waals surface area (Å²) in [5, 5.41) is 14.4. The zero-order valence-corrected chi connectivity index (χ0v) is 12.3. The highest BCUT2D eigenvalue weighted by Crippen LogP contribution is 2.12. The maximum Gasteiger partial charge on any atom is 0.337 e. The lowest BCUT2D eigenvalue weighted by atomic mass is 10.1. The van der Waals surface area contributed by atoms with Gasteiger partial charge in [-0.3, -0.25) is 10.1 Å². The van der Waals surface area contributed by atoms with E-state index in [9.17, 15) is 14.9 Å². The van der Waals surface area contributed by atoms with Crippen molar-refractivity contribution in [2.45, 2.75) is 6.61 Å². The molecule has 0 atom stereocenters. The summed E-state index contributed by atoms with van der Waals surface area (Å²) in [5.41, 5.74) is 1.85. The van der Waals surface area contributed by atoms with Crippen LogP contribution >= 0.6 is 0 Å². The molecule has 0 saturated carbocycles. The van der Waals surface area contributed by atoms with E-state index < -0.39 is 10.9 Å². The number of benzene rings is 2. The third kappa shape index (κ3) is 4.63. The smallest absolute Gasteiger partial charge is 0.337 e. The van der Waals surface area contributed by atoms with Gasteiger partial charge in [0.05, 0.1) is 23.8 Å². The summed E-state index contributed by atoms with van der Waals surface area (Å²) in [5.74, 6) is -0.402. The SMILES string of the molecule is COC(=O)c1ccc(CO/N=C/c2cccc([N+](=O)[O-])c2)cc1. The fourth-order valence-corrected chi connectivity index (χ4v) is 1.78. The molecular formula is C16H14N2O5. The highest BCUT2D eigenvalue weighted by molar-refractivity contribution is 5.89. The standard InChI is InChI=1S/C16H14N2O5/c1-22-16(19)14-7-5-12(6-8-14)11-23-17-10-13-3-2-4-15(9-13)18(20)21/h2-10H,11H2,1H3/b17-10+. The van der Waals surface area contributed by atoms with Crippen LogP contribution in [0.2, 0.25) is 0 Å². The predicted octanol–water partition coefficient (Wildman–Crippen LogP) is 2.93. The summed E-state index contributed by atoms with van der Waals surface area (Å²) in [4.78, 5) is 26.6. The van der Waals surface area contributed by atoms with Gasteiger partial charge < -0.3 is 9.57 Å². The van der Waals surface area contributed by atoms with Crippen LogP contribution in [0.25, 0.3) is 0 Å². The largest absolute Gasteiger partial charge is 0.465 e. The van der Waals surface area contributed by atoms with Crippen molar-refractivity contribution in [1.29, 1.82) is 0 Å². The first-order chi connectivity index (χ1) is 11.1. The number of hydrogen-bond acceptors (Lipinski definition) is 6. The molecule has 0 N–H and O–H groups in total. The molecule has 0 aliphatic heterocycles. The number of non-ortho nitro benzene ring substituents is 1. The van der Waals surface area contributed by atoms with Crippen LogP contribution < -0.4 is 0 Å². The summed E-state index contributed by atoms with van der Waals surface area (Å²) in [7, 11) is 1.32. The molecule has 0 spiro atoms. The van der Waals surface area contributed by atoms with E-state index in [0.29, 0.717) is 11.1 Å². The Morgan fingerprint density at radius 3 is 2.65 bits per heavy atom. The van der Waals surface area contributed by atoms with Crippen molar-refractivity contribution in [3.05, 3.63) is 75.3 Å². The van der Waals surface area contributed by atoms with E-state index in [1.165, 1.54) is 25.5 Å². The van der Waals surface area contributed by atoms with Crippen LogP contribution in [0.5, 0.6) is 0 Å². The number of methoxy groups -OCH3 is 1. The normalized spacial score (nSPS) is 10.5. The third-order valence-electron chi connectivity index (χ3n) is 2.96. The van der Waals surface area contributed by atoms with Gasteiger partial charge >= 0.3 is 5.97 Å². The molecule has 0 heterocycles. The summed E-state index contributed by atoms with van der Waals surface area (Å²) in [6.07, 6.45) is 1.40. The van der Waals surface area contributed by atoms with Crippen LogP contribution in [0, 0.1) is 10.1 Å². The van der Waals surface area contributed by atoms with Crippen molar-refractivity contribution in [3.8, 4) is 0 Å². The van der Waals surface area contributed by atoms with Gasteiger partial charge in [0, 0.05) is 17.7 Å². The first kappa shape index (κ1) is 16.2. The van der Waals surface area contributed by atoms with Crippen molar-refractivity contribution in [2.24, 2.45) is 5.16 Å². The summed E-state index contributed by atoms with van der Waals surface area (Å²) < 4.78 is 4.61. The summed E-state index contributed by atoms with van der Waals surface area (Å²) in [6, 6.07) is 12.8. The van der Waals surface area contributed by atoms with Gasteiger partial charge in [-0.2, -0.15) is 0 Å². The lowest BCUT2D eigenvalue weighted by Gasteiger charge is -2.02. The van der Waals surface area contributed by atoms with Gasteiger partial charge in [0.1, 0.15) is 6.61 Å². The number of rotatable bonds is 6. The molecule has 7 heteroatoms. The Labute approximate surface area is 132 Å². The number of nitrogens with zero attached hydrogens (tertiary/aromatic N) is 2. The van der Waals surface area contributed by atoms with Crippen LogP contribution in [0.4, 0.5) is 5.69 Å². The number of esters is 1. The lowest BCUT2D eigenvalue weighted by molar-refractivity contribution is -0.384. The highest BCUT2D eigenvalue weighted by atomic mass is 16.6. The Balaban J connectivity index is 1.90. The van der Waals surface area contributed by atoms with Crippen LogP contribution in [0.15, 0.2) is 53.7 Å². The quantitative estimate of drug-likeness (QED) is 0.354. The van der Waals surface area contributed by atoms with Crippen LogP contribution in [0.1, 0.15) is 21.5 Å². The van der Waals surface area contributed by atoms with Crippen LogP contribution in [0.3, 0.4) is 0 Å². The molecule has 0 aliphatic rings. The van der Waals surface area contributed by atoms with Crippen LogP contribution in [-0.2, 0) is 16.2 Å². The minimum absolute atomic E-state index is 0.00708. The number of nitro groups is 1. The van der Waals surface area contributed by atoms with E-state index in [1.54, 1.807) is 36.4 Å². The van der Waals surface area contributed by atoms with Crippen molar-refractivity contribution < 1.29 is 19.3 Å². The summed E-state index contributed by atoms with van der Waals surface area (Å²) in [6.45, 7) is 0.215. The van der Waals surface area contributed by atoms with E-state index >= 15 is 0 Å². The van der Waals surface area contributed by atoms with Crippen molar-refractivity contribution in [1.82, 2.24) is 0 Å². The average Bonchev–Trinajstić information content (AvgIpc) is 2.59. The minimum Gasteiger partial charge on any atom is -0.465 e. The average molecular weight is 314 g/mol. The zero-order chi connectivity index (χ0) is 16.7. The van der Waals surface area contributed by atoms with E-state index in [4.69, 9.17) is 4.84 Å². The maximum atomic E-state index is 11.3. The molecule has 0 aromatic heterocycles. The van der Waals surface area contributed by atoms with Gasteiger partial charge in [0.2, 0.25) is 0 Å². The number of carbonyl (C=O) groups is 1. The minimum atomic E-state index is -0.471. The first-order valence-electron chi connectivity index (χ1n) is 6.67. The van der Waals surface area contributed by atoms with Gasteiger partial charge in [-0.15, -0.1) is 0 Å². The number of nitro benzene ring substituents is 1. The fourth-order valence-electron chi connectivity index (χ4n) is 1.78. The Morgan fingerprint density at radius 1 is 1.26 bits per heavy atom. The molecule has 2 aromatic rings. The molecular weight excluding hydrogens is 300 g/mol. The van der Waals surface area contributed by atoms with Crippen molar-refractivity contribution >= 4 is 17.9 Å². The molecule has 0 bridgehead atoms. The summed E-state index contributed by atoms with van der Waals surface area (Å²) >= 11 is 0. The molecule has 2 rings (SSSR count). The molecule has 2 aromatic carbocycles. The van der Waals surface area contributed by atoms with Gasteiger partial charge in [-0.25, -0.2) is 4.79 Å². The second-order valence-electron chi connectivity index (χ2n) is 4.55. The van der Waals surface area contributed by atoms with E-state index in [2.05, 4.69) is 9.89 Å². The van der Waals surface area contributed by atoms with E-state index in [1.807, 2.05) is 0 Å². The van der Waals surface area contributed by atoms with Crippen molar-refractivity contribution in [3.63, 3.8) is 0 Å². The van der Waals surface area contributed by atoms with Crippen LogP contribution in [-0.4, -0.2) is 24.2 Å². The second-order valence-corrected chi connectivity index (χ2v) is 4.55. The highest BCUT2D eigenvalue weighted by Gasteiger charge is 2.05. The maximum absolute atomic E-state index is 11.3. The molecule has 0 unspecified atom stereocenters. The number of hydrogen-bond donors (Lipinski definition) is 0. The fraction of sp³-hybridized carbons (Fsp3) is 0.125. The molecule has 0 saturated heterocycles. The molecule has 0 aliphatic carbocycles. The van der Waals surface area contributed by atoms with Gasteiger partial charge in [-0.1, -0.05) is 29.4 Å². The number of carbonyl (C=O) groups excluding carboxylic acids is 1.